The number of fused-ring (bicyclic) bond motifs is 1. The number of aromatic nitrogens is 2. The lowest BCUT2D eigenvalue weighted by atomic mass is 10.2. The van der Waals surface area contributed by atoms with Crippen LogP contribution < -0.4 is 10.6 Å². The van der Waals surface area contributed by atoms with Crippen molar-refractivity contribution in [1.82, 2.24) is 15.1 Å². The molecule has 1 aliphatic heterocycles. The van der Waals surface area contributed by atoms with Gasteiger partial charge in [0.25, 0.3) is 0 Å². The second kappa shape index (κ2) is 7.28. The molecule has 2 heterocycles. The number of rotatable bonds is 5. The fourth-order valence-electron chi connectivity index (χ4n) is 2.75. The summed E-state index contributed by atoms with van der Waals surface area (Å²) in [5, 5.41) is 9.41. The van der Waals surface area contributed by atoms with Crippen molar-refractivity contribution in [2.24, 2.45) is 0 Å². The van der Waals surface area contributed by atoms with Gasteiger partial charge in [-0.05, 0) is 18.6 Å². The summed E-state index contributed by atoms with van der Waals surface area (Å²) >= 11 is 0. The van der Waals surface area contributed by atoms with Crippen molar-refractivity contribution in [2.75, 3.05) is 11.9 Å². The van der Waals surface area contributed by atoms with E-state index >= 15 is 0 Å². The van der Waals surface area contributed by atoms with Crippen LogP contribution in [-0.2, 0) is 30.9 Å². The average molecular weight is 376 g/mol. The van der Waals surface area contributed by atoms with Gasteiger partial charge in [-0.1, -0.05) is 31.5 Å². The molecule has 0 spiro atoms. The number of nitrogens with zero attached hydrogens (tertiary/aromatic N) is 2. The first kappa shape index (κ1) is 18.1. The maximum atomic E-state index is 12.2. The number of hydrogen-bond acceptors (Lipinski definition) is 5. The number of benzene rings is 1. The number of anilines is 1. The molecule has 26 heavy (non-hydrogen) atoms. The number of hydrogen-bond donors (Lipinski definition) is 2. The maximum Gasteiger partial charge on any atom is 0.314 e. The first-order valence-corrected chi connectivity index (χ1v) is 10.2. The van der Waals surface area contributed by atoms with Crippen LogP contribution in [0.1, 0.15) is 31.0 Å². The Kier molecular flexibility index (Phi) is 5.08. The molecule has 1 aromatic carbocycles. The molecule has 8 nitrogen and oxygen atoms in total. The molecule has 1 aliphatic rings. The van der Waals surface area contributed by atoms with Crippen LogP contribution in [0.2, 0.25) is 0 Å². The van der Waals surface area contributed by atoms with Gasteiger partial charge in [0.2, 0.25) is 0 Å². The summed E-state index contributed by atoms with van der Waals surface area (Å²) in [6.07, 6.45) is 1.67. The van der Waals surface area contributed by atoms with E-state index in [9.17, 15) is 18.0 Å². The molecular weight excluding hydrogens is 356 g/mol. The SMILES string of the molecule is CCCCNC(=O)C(=O)Nc1c2c(nn1-c1ccccc1)CS(=O)(=O)C2. The fraction of sp³-hybridized carbons (Fsp3) is 0.353. The van der Waals surface area contributed by atoms with Crippen molar-refractivity contribution in [1.29, 1.82) is 0 Å². The number of para-hydroxylation sites is 1. The minimum absolute atomic E-state index is 0.173. The Labute approximate surface area is 151 Å². The molecule has 3 rings (SSSR count). The van der Waals surface area contributed by atoms with Crippen molar-refractivity contribution in [3.63, 3.8) is 0 Å². The van der Waals surface area contributed by atoms with Crippen molar-refractivity contribution >= 4 is 27.5 Å². The number of carbonyl (C=O) groups is 2. The summed E-state index contributed by atoms with van der Waals surface area (Å²) in [7, 11) is -3.28. The highest BCUT2D eigenvalue weighted by atomic mass is 32.2. The third-order valence-corrected chi connectivity index (χ3v) is 5.48. The third kappa shape index (κ3) is 3.77. The van der Waals surface area contributed by atoms with Gasteiger partial charge >= 0.3 is 11.8 Å². The molecule has 0 radical (unpaired) electrons. The van der Waals surface area contributed by atoms with Crippen molar-refractivity contribution in [3.8, 4) is 5.69 Å². The highest BCUT2D eigenvalue weighted by Gasteiger charge is 2.33. The van der Waals surface area contributed by atoms with Gasteiger partial charge in [-0.2, -0.15) is 5.10 Å². The molecule has 0 saturated carbocycles. The van der Waals surface area contributed by atoms with Gasteiger partial charge in [-0.25, -0.2) is 13.1 Å². The van der Waals surface area contributed by atoms with Gasteiger partial charge < -0.3 is 10.6 Å². The molecule has 0 atom stereocenters. The molecule has 9 heteroatoms. The predicted octanol–water partition coefficient (Wildman–Crippen LogP) is 1.16. The zero-order chi connectivity index (χ0) is 18.7. The lowest BCUT2D eigenvalue weighted by molar-refractivity contribution is -0.136. The lowest BCUT2D eigenvalue weighted by Gasteiger charge is -2.11. The Morgan fingerprint density at radius 2 is 1.88 bits per heavy atom. The predicted molar refractivity (Wildman–Crippen MR) is 96.4 cm³/mol. The summed E-state index contributed by atoms with van der Waals surface area (Å²) in [5.74, 6) is -1.75. The zero-order valence-electron chi connectivity index (χ0n) is 14.4. The van der Waals surface area contributed by atoms with E-state index in [0.29, 0.717) is 23.5 Å². The zero-order valence-corrected chi connectivity index (χ0v) is 15.2. The average Bonchev–Trinajstić information content (AvgIpc) is 3.08. The quantitative estimate of drug-likeness (QED) is 0.601. The van der Waals surface area contributed by atoms with Gasteiger partial charge in [-0.3, -0.25) is 9.59 Å². The van der Waals surface area contributed by atoms with Crippen LogP contribution in [0.25, 0.3) is 5.69 Å². The van der Waals surface area contributed by atoms with E-state index in [1.165, 1.54) is 4.68 Å². The minimum Gasteiger partial charge on any atom is -0.348 e. The van der Waals surface area contributed by atoms with Crippen LogP contribution in [-0.4, -0.2) is 36.6 Å². The Balaban J connectivity index is 1.90. The fourth-order valence-corrected chi connectivity index (χ4v) is 4.24. The Bertz CT molecular complexity index is 935. The molecule has 2 N–H and O–H groups in total. The third-order valence-electron chi connectivity index (χ3n) is 4.04. The van der Waals surface area contributed by atoms with E-state index in [4.69, 9.17) is 0 Å². The van der Waals surface area contributed by atoms with E-state index in [1.807, 2.05) is 25.1 Å². The summed E-state index contributed by atoms with van der Waals surface area (Å²) in [4.78, 5) is 24.2. The van der Waals surface area contributed by atoms with Crippen LogP contribution in [0.5, 0.6) is 0 Å². The number of sulfone groups is 1. The summed E-state index contributed by atoms with van der Waals surface area (Å²) in [6.45, 7) is 2.39. The monoisotopic (exact) mass is 376 g/mol. The summed E-state index contributed by atoms with van der Waals surface area (Å²) < 4.78 is 25.3. The van der Waals surface area contributed by atoms with Gasteiger partial charge in [0.05, 0.1) is 22.9 Å². The normalized spacial score (nSPS) is 14.7. The van der Waals surface area contributed by atoms with Crippen LogP contribution >= 0.6 is 0 Å². The molecule has 0 saturated heterocycles. The molecule has 138 valence electrons. The highest BCUT2D eigenvalue weighted by Crippen LogP contribution is 2.32. The van der Waals surface area contributed by atoms with Crippen LogP contribution in [0.4, 0.5) is 5.82 Å². The number of amides is 2. The number of carbonyl (C=O) groups excluding carboxylic acids is 2. The molecule has 2 aromatic rings. The van der Waals surface area contributed by atoms with Crippen LogP contribution in [0.15, 0.2) is 30.3 Å². The van der Waals surface area contributed by atoms with E-state index in [0.717, 1.165) is 12.8 Å². The molecule has 0 aliphatic carbocycles. The van der Waals surface area contributed by atoms with Crippen molar-refractivity contribution in [3.05, 3.63) is 41.6 Å². The molecule has 0 unspecified atom stereocenters. The number of nitrogens with one attached hydrogen (secondary N) is 2. The Morgan fingerprint density at radius 1 is 1.15 bits per heavy atom. The standard InChI is InChI=1S/C17H20N4O4S/c1-2-3-9-18-16(22)17(23)19-15-13-10-26(24,25)11-14(13)20-21(15)12-7-5-4-6-8-12/h4-8H,2-3,9-11H2,1H3,(H,18,22)(H,19,23). The van der Waals surface area contributed by atoms with Gasteiger partial charge in [-0.15, -0.1) is 0 Å². The second-order valence-corrected chi connectivity index (χ2v) is 8.18. The van der Waals surface area contributed by atoms with E-state index in [2.05, 4.69) is 15.7 Å². The van der Waals surface area contributed by atoms with E-state index in [-0.39, 0.29) is 17.3 Å². The van der Waals surface area contributed by atoms with Crippen LogP contribution in [0, 0.1) is 0 Å². The molecule has 2 amide bonds. The lowest BCUT2D eigenvalue weighted by Crippen LogP contribution is -2.36. The Morgan fingerprint density at radius 3 is 2.58 bits per heavy atom. The van der Waals surface area contributed by atoms with Crippen molar-refractivity contribution < 1.29 is 18.0 Å². The highest BCUT2D eigenvalue weighted by molar-refractivity contribution is 7.90. The first-order chi connectivity index (χ1) is 12.4. The van der Waals surface area contributed by atoms with Gasteiger partial charge in [0, 0.05) is 12.1 Å². The smallest absolute Gasteiger partial charge is 0.314 e. The Hall–Kier alpha value is -2.68. The number of unbranched alkanes of at least 4 members (excludes halogenated alkanes) is 1. The van der Waals surface area contributed by atoms with Gasteiger partial charge in [0.1, 0.15) is 5.82 Å². The summed E-state index contributed by atoms with van der Waals surface area (Å²) in [6, 6.07) is 9.02. The van der Waals surface area contributed by atoms with Crippen LogP contribution in [0.3, 0.4) is 0 Å². The maximum absolute atomic E-state index is 12.2. The summed E-state index contributed by atoms with van der Waals surface area (Å²) in [5.41, 5.74) is 1.50. The molecule has 0 bridgehead atoms. The minimum atomic E-state index is -3.28. The molecular formula is C17H20N4O4S. The second-order valence-electron chi connectivity index (χ2n) is 6.12. The largest absolute Gasteiger partial charge is 0.348 e. The van der Waals surface area contributed by atoms with E-state index < -0.39 is 21.7 Å². The van der Waals surface area contributed by atoms with Crippen molar-refractivity contribution in [2.45, 2.75) is 31.3 Å². The van der Waals surface area contributed by atoms with E-state index in [1.54, 1.807) is 12.1 Å². The first-order valence-electron chi connectivity index (χ1n) is 8.37. The molecule has 0 fully saturated rings. The molecule has 1 aromatic heterocycles. The topological polar surface area (TPSA) is 110 Å². The van der Waals surface area contributed by atoms with Gasteiger partial charge in [0.15, 0.2) is 9.84 Å².